The van der Waals surface area contributed by atoms with Crippen LogP contribution < -0.4 is 4.74 Å². The summed E-state index contributed by atoms with van der Waals surface area (Å²) in [5.74, 6) is 1.08. The molecule has 0 saturated carbocycles. The Balaban J connectivity index is 1.22. The molecule has 0 aliphatic carbocycles. The van der Waals surface area contributed by atoms with Gasteiger partial charge < -0.3 is 18.8 Å². The predicted octanol–water partition coefficient (Wildman–Crippen LogP) is 3.54. The molecule has 1 fully saturated rings. The Morgan fingerprint density at radius 1 is 1.08 bits per heavy atom. The van der Waals surface area contributed by atoms with E-state index in [0.29, 0.717) is 37.8 Å². The van der Waals surface area contributed by atoms with Crippen LogP contribution in [0, 0.1) is 0 Å². The normalized spacial score (nSPS) is 17.3. The van der Waals surface area contributed by atoms with E-state index >= 15 is 0 Å². The lowest BCUT2D eigenvalue weighted by Crippen LogP contribution is -2.34. The Hall–Kier alpha value is -3.82. The van der Waals surface area contributed by atoms with Gasteiger partial charge in [-0.1, -0.05) is 36.4 Å². The van der Waals surface area contributed by atoms with Crippen molar-refractivity contribution in [3.8, 4) is 5.88 Å². The van der Waals surface area contributed by atoms with Crippen molar-refractivity contribution >= 4 is 17.1 Å². The van der Waals surface area contributed by atoms with Crippen molar-refractivity contribution in [2.75, 3.05) is 20.3 Å². The quantitative estimate of drug-likeness (QED) is 0.340. The summed E-state index contributed by atoms with van der Waals surface area (Å²) in [6, 6.07) is 17.7. The molecule has 190 valence electrons. The smallest absolute Gasteiger partial charge is 0.356 e. The van der Waals surface area contributed by atoms with Gasteiger partial charge in [0.15, 0.2) is 11.3 Å². The van der Waals surface area contributed by atoms with E-state index in [1.165, 1.54) is 12.7 Å². The summed E-state index contributed by atoms with van der Waals surface area (Å²) in [5.41, 5.74) is 5.12. The molecule has 1 atom stereocenters. The van der Waals surface area contributed by atoms with Crippen LogP contribution in [0.25, 0.3) is 11.2 Å². The highest BCUT2D eigenvalue weighted by Gasteiger charge is 2.25. The van der Waals surface area contributed by atoms with E-state index in [-0.39, 0.29) is 11.8 Å². The van der Waals surface area contributed by atoms with Gasteiger partial charge in [0.1, 0.15) is 17.9 Å². The molecule has 5 heterocycles. The fourth-order valence-electron chi connectivity index (χ4n) is 4.80. The number of carbonyl (C=O) groups excluding carboxylic acids is 1. The van der Waals surface area contributed by atoms with E-state index in [2.05, 4.69) is 20.5 Å². The molecule has 2 aliphatic heterocycles. The summed E-state index contributed by atoms with van der Waals surface area (Å²) in [4.78, 5) is 28.7. The zero-order valence-electron chi connectivity index (χ0n) is 20.8. The van der Waals surface area contributed by atoms with Crippen LogP contribution in [-0.2, 0) is 42.1 Å². The van der Waals surface area contributed by atoms with Gasteiger partial charge in [0.2, 0.25) is 5.88 Å². The fourth-order valence-corrected chi connectivity index (χ4v) is 4.80. The third-order valence-electron chi connectivity index (χ3n) is 6.95. The van der Waals surface area contributed by atoms with Gasteiger partial charge >= 0.3 is 5.97 Å². The number of esters is 1. The van der Waals surface area contributed by atoms with Gasteiger partial charge in [0, 0.05) is 25.8 Å². The summed E-state index contributed by atoms with van der Waals surface area (Å²) in [5, 5.41) is 0. The summed E-state index contributed by atoms with van der Waals surface area (Å²) in [6.07, 6.45) is 2.05. The number of carbonyl (C=O) groups is 1. The molecule has 3 aromatic heterocycles. The first-order chi connectivity index (χ1) is 18.2. The second kappa shape index (κ2) is 10.3. The maximum absolute atomic E-state index is 12.1. The summed E-state index contributed by atoms with van der Waals surface area (Å²) in [7, 11) is 1.36. The van der Waals surface area contributed by atoms with Crippen molar-refractivity contribution < 1.29 is 19.0 Å². The summed E-state index contributed by atoms with van der Waals surface area (Å²) < 4.78 is 18.6. The van der Waals surface area contributed by atoms with Crippen LogP contribution >= 0.6 is 0 Å². The average Bonchev–Trinajstić information content (AvgIpc) is 3.25. The van der Waals surface area contributed by atoms with Gasteiger partial charge in [-0.05, 0) is 36.1 Å². The van der Waals surface area contributed by atoms with Crippen LogP contribution in [0.1, 0.15) is 39.6 Å². The molecule has 0 N–H and O–H groups in total. The van der Waals surface area contributed by atoms with Crippen molar-refractivity contribution in [1.82, 2.24) is 24.4 Å². The van der Waals surface area contributed by atoms with Gasteiger partial charge in [-0.25, -0.2) is 19.7 Å². The maximum Gasteiger partial charge on any atom is 0.356 e. The monoisotopic (exact) mass is 499 g/mol. The minimum Gasteiger partial charge on any atom is -0.473 e. The highest BCUT2D eigenvalue weighted by atomic mass is 16.5. The van der Waals surface area contributed by atoms with Crippen LogP contribution in [0.5, 0.6) is 5.88 Å². The number of rotatable bonds is 8. The molecule has 1 saturated heterocycles. The highest BCUT2D eigenvalue weighted by molar-refractivity contribution is 5.89. The molecule has 0 bridgehead atoms. The second-order valence-electron chi connectivity index (χ2n) is 9.44. The first-order valence-corrected chi connectivity index (χ1v) is 12.6. The molecule has 0 amide bonds. The van der Waals surface area contributed by atoms with Gasteiger partial charge in [0.25, 0.3) is 0 Å². The topological polar surface area (TPSA) is 91.6 Å². The van der Waals surface area contributed by atoms with Crippen LogP contribution in [0.4, 0.5) is 0 Å². The highest BCUT2D eigenvalue weighted by Crippen LogP contribution is 2.25. The number of hydrogen-bond acceptors (Lipinski definition) is 8. The number of benzene rings is 1. The molecule has 4 aromatic rings. The van der Waals surface area contributed by atoms with E-state index in [0.717, 1.165) is 48.6 Å². The number of pyridine rings is 2. The molecule has 6 rings (SSSR count). The van der Waals surface area contributed by atoms with Gasteiger partial charge in [-0.2, -0.15) is 0 Å². The van der Waals surface area contributed by atoms with E-state index in [1.807, 2.05) is 42.5 Å². The Bertz CT molecular complexity index is 1420. The average molecular weight is 500 g/mol. The zero-order valence-corrected chi connectivity index (χ0v) is 20.8. The number of methoxy groups -OCH3 is 1. The number of hydrogen-bond donors (Lipinski definition) is 0. The molecule has 2 aliphatic rings. The lowest BCUT2D eigenvalue weighted by atomic mass is 10.1. The third-order valence-corrected chi connectivity index (χ3v) is 6.95. The predicted molar refractivity (Wildman–Crippen MR) is 136 cm³/mol. The van der Waals surface area contributed by atoms with Crippen molar-refractivity contribution in [2.24, 2.45) is 0 Å². The van der Waals surface area contributed by atoms with Crippen LogP contribution in [-0.4, -0.2) is 56.8 Å². The lowest BCUT2D eigenvalue weighted by molar-refractivity contribution is -0.0592. The van der Waals surface area contributed by atoms with E-state index in [4.69, 9.17) is 24.2 Å². The minimum absolute atomic E-state index is 0.132. The number of aromatic nitrogens is 4. The standard InChI is InChI=1S/C28H29N5O4/c1-35-28(34)23-9-8-22-27(31-23)33(15-21-12-14-36-21)25(29-22)17-32-13-11-20-7-10-26(30-24(20)16-32)37-18-19-5-3-2-4-6-19/h2-10,21H,11-18H2,1H3/t21-/m0/s1. The summed E-state index contributed by atoms with van der Waals surface area (Å²) >= 11 is 0. The number of imidazole rings is 1. The number of ether oxygens (including phenoxy) is 3. The molecule has 37 heavy (non-hydrogen) atoms. The largest absolute Gasteiger partial charge is 0.473 e. The third kappa shape index (κ3) is 5.05. The number of fused-ring (bicyclic) bond motifs is 2. The first-order valence-electron chi connectivity index (χ1n) is 12.6. The van der Waals surface area contributed by atoms with E-state index < -0.39 is 5.97 Å². The Labute approximate surface area is 215 Å². The fraction of sp³-hybridized carbons (Fsp3) is 0.357. The Morgan fingerprint density at radius 3 is 2.73 bits per heavy atom. The lowest BCUT2D eigenvalue weighted by Gasteiger charge is -2.30. The second-order valence-corrected chi connectivity index (χ2v) is 9.44. The van der Waals surface area contributed by atoms with E-state index in [1.54, 1.807) is 6.07 Å². The molecule has 0 radical (unpaired) electrons. The van der Waals surface area contributed by atoms with Gasteiger partial charge in [-0.3, -0.25) is 4.90 Å². The molecule has 9 nitrogen and oxygen atoms in total. The van der Waals surface area contributed by atoms with Crippen molar-refractivity contribution in [3.05, 3.63) is 82.9 Å². The minimum atomic E-state index is -0.458. The van der Waals surface area contributed by atoms with Crippen LogP contribution in [0.3, 0.4) is 0 Å². The van der Waals surface area contributed by atoms with Gasteiger partial charge in [-0.15, -0.1) is 0 Å². The molecular weight excluding hydrogens is 470 g/mol. The SMILES string of the molecule is COC(=O)c1ccc2nc(CN3CCc4ccc(OCc5ccccc5)nc4C3)n(C[C@@H]3CCO3)c2n1. The van der Waals surface area contributed by atoms with Crippen LogP contribution in [0.15, 0.2) is 54.6 Å². The molecular formula is C28H29N5O4. The molecule has 9 heteroatoms. The first kappa shape index (κ1) is 23.6. The zero-order chi connectivity index (χ0) is 25.2. The van der Waals surface area contributed by atoms with E-state index in [9.17, 15) is 4.79 Å². The molecule has 0 unspecified atom stereocenters. The van der Waals surface area contributed by atoms with Crippen molar-refractivity contribution in [2.45, 2.75) is 45.2 Å². The van der Waals surface area contributed by atoms with Crippen molar-refractivity contribution in [3.63, 3.8) is 0 Å². The number of nitrogens with zero attached hydrogens (tertiary/aromatic N) is 5. The summed E-state index contributed by atoms with van der Waals surface area (Å²) in [6.45, 7) is 4.18. The maximum atomic E-state index is 12.1. The molecule has 1 aromatic carbocycles. The van der Waals surface area contributed by atoms with Gasteiger partial charge in [0.05, 0.1) is 32.0 Å². The van der Waals surface area contributed by atoms with Crippen molar-refractivity contribution in [1.29, 1.82) is 0 Å². The Kier molecular flexibility index (Phi) is 6.55. The molecule has 0 spiro atoms. The Morgan fingerprint density at radius 2 is 1.95 bits per heavy atom. The van der Waals surface area contributed by atoms with Crippen LogP contribution in [0.2, 0.25) is 0 Å².